The largest absolute Gasteiger partial charge is 0.454 e. The topological polar surface area (TPSA) is 38.8 Å². The van der Waals surface area contributed by atoms with Crippen molar-refractivity contribution in [3.05, 3.63) is 35.9 Å². The van der Waals surface area contributed by atoms with Crippen LogP contribution in [0.3, 0.4) is 0 Å². The maximum Gasteiger partial charge on any atom is 0.254 e. The van der Waals surface area contributed by atoms with Gasteiger partial charge in [-0.05, 0) is 32.0 Å². The van der Waals surface area contributed by atoms with Crippen LogP contribution in [0.2, 0.25) is 0 Å². The first kappa shape index (κ1) is 12.5. The molecule has 1 aromatic rings. The predicted octanol–water partition coefficient (Wildman–Crippen LogP) is 2.45. The van der Waals surface area contributed by atoms with E-state index in [1.807, 2.05) is 13.8 Å². The van der Waals surface area contributed by atoms with Crippen LogP contribution < -0.4 is 9.47 Å². The number of carbonyl (C=O) groups is 1. The highest BCUT2D eigenvalue weighted by atomic mass is 16.7. The second-order valence-electron chi connectivity index (χ2n) is 4.34. The van der Waals surface area contributed by atoms with E-state index in [1.54, 1.807) is 23.1 Å². The Morgan fingerprint density at radius 3 is 2.78 bits per heavy atom. The zero-order chi connectivity index (χ0) is 13.1. The molecule has 2 rings (SSSR count). The van der Waals surface area contributed by atoms with Gasteiger partial charge in [0.25, 0.3) is 5.91 Å². The normalized spacial score (nSPS) is 12.3. The van der Waals surface area contributed by atoms with Crippen molar-refractivity contribution in [2.24, 2.45) is 0 Å². The molecule has 0 radical (unpaired) electrons. The number of amides is 1. The lowest BCUT2D eigenvalue weighted by atomic mass is 10.1. The van der Waals surface area contributed by atoms with Crippen molar-refractivity contribution in [1.29, 1.82) is 0 Å². The number of ether oxygens (including phenoxy) is 2. The van der Waals surface area contributed by atoms with Crippen molar-refractivity contribution in [1.82, 2.24) is 4.90 Å². The molecular formula is C14H17NO3. The summed E-state index contributed by atoms with van der Waals surface area (Å²) in [5.74, 6) is 1.31. The molecule has 0 bridgehead atoms. The molecule has 0 atom stereocenters. The standard InChI is InChI=1S/C14H17NO3/c1-4-15(8-10(2)3)14(16)11-5-6-12-13(7-11)18-9-17-12/h5-7H,2,4,8-9H2,1,3H3. The second-order valence-corrected chi connectivity index (χ2v) is 4.34. The molecule has 0 saturated heterocycles. The highest BCUT2D eigenvalue weighted by Crippen LogP contribution is 2.32. The summed E-state index contributed by atoms with van der Waals surface area (Å²) >= 11 is 0. The molecular weight excluding hydrogens is 230 g/mol. The van der Waals surface area contributed by atoms with Gasteiger partial charge in [-0.2, -0.15) is 0 Å². The molecule has 1 aliphatic heterocycles. The minimum absolute atomic E-state index is 0.0150. The molecule has 0 N–H and O–H groups in total. The van der Waals surface area contributed by atoms with Crippen LogP contribution in [0, 0.1) is 0 Å². The van der Waals surface area contributed by atoms with Gasteiger partial charge in [0.15, 0.2) is 11.5 Å². The summed E-state index contributed by atoms with van der Waals surface area (Å²) in [5, 5.41) is 0. The number of hydrogen-bond acceptors (Lipinski definition) is 3. The molecule has 1 aromatic carbocycles. The Balaban J connectivity index is 2.19. The Morgan fingerprint density at radius 2 is 2.11 bits per heavy atom. The first-order valence-electron chi connectivity index (χ1n) is 5.95. The van der Waals surface area contributed by atoms with Crippen LogP contribution in [0.5, 0.6) is 11.5 Å². The molecule has 0 spiro atoms. The maximum atomic E-state index is 12.3. The van der Waals surface area contributed by atoms with Gasteiger partial charge in [-0.25, -0.2) is 0 Å². The third-order valence-corrected chi connectivity index (χ3v) is 2.75. The van der Waals surface area contributed by atoms with E-state index in [1.165, 1.54) is 0 Å². The van der Waals surface area contributed by atoms with Gasteiger partial charge in [-0.1, -0.05) is 12.2 Å². The van der Waals surface area contributed by atoms with E-state index < -0.39 is 0 Å². The first-order chi connectivity index (χ1) is 8.61. The molecule has 0 saturated carbocycles. The van der Waals surface area contributed by atoms with Crippen molar-refractivity contribution in [2.45, 2.75) is 13.8 Å². The van der Waals surface area contributed by atoms with Crippen molar-refractivity contribution in [3.8, 4) is 11.5 Å². The van der Waals surface area contributed by atoms with Crippen LogP contribution in [0.1, 0.15) is 24.2 Å². The highest BCUT2D eigenvalue weighted by molar-refractivity contribution is 5.95. The number of nitrogens with zero attached hydrogens (tertiary/aromatic N) is 1. The Morgan fingerprint density at radius 1 is 1.39 bits per heavy atom. The van der Waals surface area contributed by atoms with E-state index in [9.17, 15) is 4.79 Å². The van der Waals surface area contributed by atoms with Crippen LogP contribution >= 0.6 is 0 Å². The van der Waals surface area contributed by atoms with E-state index in [2.05, 4.69) is 6.58 Å². The zero-order valence-corrected chi connectivity index (χ0v) is 10.7. The summed E-state index contributed by atoms with van der Waals surface area (Å²) < 4.78 is 10.5. The molecule has 1 heterocycles. The average molecular weight is 247 g/mol. The van der Waals surface area contributed by atoms with E-state index in [0.29, 0.717) is 30.2 Å². The third-order valence-electron chi connectivity index (χ3n) is 2.75. The molecule has 4 heteroatoms. The summed E-state index contributed by atoms with van der Waals surface area (Å²) in [7, 11) is 0. The Labute approximate surface area is 107 Å². The van der Waals surface area contributed by atoms with Crippen LogP contribution in [0.15, 0.2) is 30.4 Å². The van der Waals surface area contributed by atoms with Crippen LogP contribution in [0.4, 0.5) is 0 Å². The highest BCUT2D eigenvalue weighted by Gasteiger charge is 2.19. The maximum absolute atomic E-state index is 12.3. The fraction of sp³-hybridized carbons (Fsp3) is 0.357. The number of likely N-dealkylation sites (N-methyl/N-ethyl adjacent to an activating group) is 1. The summed E-state index contributed by atoms with van der Waals surface area (Å²) in [6, 6.07) is 5.26. The first-order valence-corrected chi connectivity index (χ1v) is 5.95. The summed E-state index contributed by atoms with van der Waals surface area (Å²) in [4.78, 5) is 14.0. The smallest absolute Gasteiger partial charge is 0.254 e. The minimum Gasteiger partial charge on any atom is -0.454 e. The fourth-order valence-electron chi connectivity index (χ4n) is 1.87. The number of benzene rings is 1. The van der Waals surface area contributed by atoms with Gasteiger partial charge in [0.05, 0.1) is 0 Å². The predicted molar refractivity (Wildman–Crippen MR) is 69.0 cm³/mol. The molecule has 0 aromatic heterocycles. The molecule has 1 amide bonds. The molecule has 0 fully saturated rings. The summed E-state index contributed by atoms with van der Waals surface area (Å²) in [6.45, 7) is 9.15. The lowest BCUT2D eigenvalue weighted by molar-refractivity contribution is 0.0778. The van der Waals surface area contributed by atoms with Crippen molar-refractivity contribution >= 4 is 5.91 Å². The number of hydrogen-bond donors (Lipinski definition) is 0. The monoisotopic (exact) mass is 247 g/mol. The molecule has 0 unspecified atom stereocenters. The number of rotatable bonds is 4. The zero-order valence-electron chi connectivity index (χ0n) is 10.7. The fourth-order valence-corrected chi connectivity index (χ4v) is 1.87. The summed E-state index contributed by atoms with van der Waals surface area (Å²) in [6.07, 6.45) is 0. The van der Waals surface area contributed by atoms with Gasteiger partial charge >= 0.3 is 0 Å². The van der Waals surface area contributed by atoms with E-state index >= 15 is 0 Å². The Bertz CT molecular complexity index is 482. The second kappa shape index (κ2) is 5.12. The van der Waals surface area contributed by atoms with Crippen molar-refractivity contribution < 1.29 is 14.3 Å². The van der Waals surface area contributed by atoms with E-state index in [0.717, 1.165) is 5.57 Å². The molecule has 0 aliphatic carbocycles. The number of fused-ring (bicyclic) bond motifs is 1. The minimum atomic E-state index is -0.0150. The van der Waals surface area contributed by atoms with Gasteiger partial charge in [-0.15, -0.1) is 0 Å². The van der Waals surface area contributed by atoms with E-state index in [-0.39, 0.29) is 12.7 Å². The third kappa shape index (κ3) is 2.47. The van der Waals surface area contributed by atoms with Crippen molar-refractivity contribution in [3.63, 3.8) is 0 Å². The molecule has 1 aliphatic rings. The lowest BCUT2D eigenvalue weighted by Gasteiger charge is -2.21. The van der Waals surface area contributed by atoms with Gasteiger partial charge in [-0.3, -0.25) is 4.79 Å². The molecule has 18 heavy (non-hydrogen) atoms. The lowest BCUT2D eigenvalue weighted by Crippen LogP contribution is -2.32. The summed E-state index contributed by atoms with van der Waals surface area (Å²) in [5.41, 5.74) is 1.58. The van der Waals surface area contributed by atoms with Gasteiger partial charge in [0, 0.05) is 18.7 Å². The average Bonchev–Trinajstić information content (AvgIpc) is 2.81. The van der Waals surface area contributed by atoms with Gasteiger partial charge in [0.2, 0.25) is 6.79 Å². The van der Waals surface area contributed by atoms with Gasteiger partial charge in [0.1, 0.15) is 0 Å². The Kier molecular flexibility index (Phi) is 3.55. The van der Waals surface area contributed by atoms with Crippen molar-refractivity contribution in [2.75, 3.05) is 19.9 Å². The van der Waals surface area contributed by atoms with Crippen LogP contribution in [0.25, 0.3) is 0 Å². The van der Waals surface area contributed by atoms with E-state index in [4.69, 9.17) is 9.47 Å². The molecule has 96 valence electrons. The SMILES string of the molecule is C=C(C)CN(CC)C(=O)c1ccc2c(c1)OCO2. The van der Waals surface area contributed by atoms with Crippen LogP contribution in [-0.2, 0) is 0 Å². The molecule has 4 nitrogen and oxygen atoms in total. The quantitative estimate of drug-likeness (QED) is 0.767. The Hall–Kier alpha value is -1.97. The van der Waals surface area contributed by atoms with Crippen LogP contribution in [-0.4, -0.2) is 30.7 Å². The number of carbonyl (C=O) groups excluding carboxylic acids is 1. The van der Waals surface area contributed by atoms with Gasteiger partial charge < -0.3 is 14.4 Å².